The summed E-state index contributed by atoms with van der Waals surface area (Å²) in [5, 5.41) is 21.7. The first kappa shape index (κ1) is 20.0. The maximum atomic E-state index is 12.4. The highest BCUT2D eigenvalue weighted by atomic mass is 16.5. The van der Waals surface area contributed by atoms with Gasteiger partial charge in [-0.05, 0) is 18.4 Å². The van der Waals surface area contributed by atoms with Gasteiger partial charge in [-0.2, -0.15) is 0 Å². The van der Waals surface area contributed by atoms with Crippen molar-refractivity contribution in [1.29, 1.82) is 0 Å². The lowest BCUT2D eigenvalue weighted by atomic mass is 10.1. The van der Waals surface area contributed by atoms with Crippen molar-refractivity contribution in [2.24, 2.45) is 0 Å². The molecule has 150 valence electrons. The van der Waals surface area contributed by atoms with E-state index in [1.54, 1.807) is 0 Å². The van der Waals surface area contributed by atoms with Crippen LogP contribution in [0.2, 0.25) is 0 Å². The highest BCUT2D eigenvalue weighted by molar-refractivity contribution is 5.93. The van der Waals surface area contributed by atoms with E-state index < -0.39 is 42.2 Å². The van der Waals surface area contributed by atoms with Crippen LogP contribution in [0.15, 0.2) is 46.1 Å². The van der Waals surface area contributed by atoms with E-state index in [1.807, 2.05) is 30.3 Å². The summed E-state index contributed by atoms with van der Waals surface area (Å²) in [6, 6.07) is 9.82. The van der Waals surface area contributed by atoms with Crippen molar-refractivity contribution in [3.8, 4) is 0 Å². The fourth-order valence-corrected chi connectivity index (χ4v) is 3.15. The molecule has 28 heavy (non-hydrogen) atoms. The number of aliphatic hydroxyl groups excluding tert-OH is 2. The lowest BCUT2D eigenvalue weighted by molar-refractivity contribution is -0.0459. The van der Waals surface area contributed by atoms with E-state index in [1.165, 1.54) is 0 Å². The number of nitrogens with zero attached hydrogens (tertiary/aromatic N) is 1. The van der Waals surface area contributed by atoms with Crippen molar-refractivity contribution in [1.82, 2.24) is 14.9 Å². The van der Waals surface area contributed by atoms with Crippen LogP contribution < -0.4 is 16.6 Å². The third-order valence-corrected chi connectivity index (χ3v) is 4.68. The molecule has 0 radical (unpaired) electrons. The molecule has 2 aromatic rings. The molecule has 1 aliphatic heterocycles. The first-order chi connectivity index (χ1) is 13.5. The quantitative estimate of drug-likeness (QED) is 0.474. The molecule has 4 N–H and O–H groups in total. The van der Waals surface area contributed by atoms with E-state index in [9.17, 15) is 19.5 Å². The second-order valence-electron chi connectivity index (χ2n) is 6.67. The number of aromatic amines is 1. The zero-order chi connectivity index (χ0) is 20.1. The Bertz CT molecular complexity index is 923. The number of amides is 1. The van der Waals surface area contributed by atoms with Crippen molar-refractivity contribution in [3.63, 3.8) is 0 Å². The van der Waals surface area contributed by atoms with Gasteiger partial charge in [0.05, 0.1) is 12.7 Å². The van der Waals surface area contributed by atoms with E-state index in [2.05, 4.69) is 10.3 Å². The molecule has 9 nitrogen and oxygen atoms in total. The molecule has 3 rings (SSSR count). The Morgan fingerprint density at radius 3 is 2.71 bits per heavy atom. The second-order valence-corrected chi connectivity index (χ2v) is 6.67. The summed E-state index contributed by atoms with van der Waals surface area (Å²) in [7, 11) is 0. The average Bonchev–Trinajstić information content (AvgIpc) is 3.06. The minimum Gasteiger partial charge on any atom is -0.394 e. The first-order valence-electron chi connectivity index (χ1n) is 9.11. The minimum absolute atomic E-state index is 0.0648. The predicted molar refractivity (Wildman–Crippen MR) is 100 cm³/mol. The second kappa shape index (κ2) is 8.96. The number of carbonyl (C=O) groups excluding carboxylic acids is 1. The Balaban J connectivity index is 1.65. The summed E-state index contributed by atoms with van der Waals surface area (Å²) in [5.74, 6) is -0.597. The normalized spacial score (nSPS) is 21.6. The van der Waals surface area contributed by atoms with Crippen LogP contribution in [0.25, 0.3) is 0 Å². The van der Waals surface area contributed by atoms with Crippen LogP contribution in [0.4, 0.5) is 0 Å². The standard InChI is InChI=1S/C19H23N3O6/c23-11-15-14(24)9-16(28-15)22-10-13(18(26)21-19(22)27)17(25)20-8-4-7-12-5-2-1-3-6-12/h1-3,5-6,10,14-16,23-24H,4,7-9,11H2,(H,20,25)(H,21,26,27)/t14-,15+,16+/m0/s1. The maximum absolute atomic E-state index is 12.4. The highest BCUT2D eigenvalue weighted by Gasteiger charge is 2.35. The van der Waals surface area contributed by atoms with E-state index >= 15 is 0 Å². The molecule has 0 aliphatic carbocycles. The molecule has 3 atom stereocenters. The number of aryl methyl sites for hydroxylation is 1. The number of hydrogen-bond donors (Lipinski definition) is 4. The summed E-state index contributed by atoms with van der Waals surface area (Å²) in [4.78, 5) is 38.6. The third kappa shape index (κ3) is 4.56. The van der Waals surface area contributed by atoms with Crippen molar-refractivity contribution in [2.45, 2.75) is 37.7 Å². The SMILES string of the molecule is O=C(NCCCc1ccccc1)c1cn([C@H]2C[C@H](O)[C@@H](CO)O2)c(=O)[nH]c1=O. The van der Waals surface area contributed by atoms with Crippen molar-refractivity contribution in [3.05, 3.63) is 68.5 Å². The number of rotatable bonds is 7. The van der Waals surface area contributed by atoms with Gasteiger partial charge in [0.1, 0.15) is 17.9 Å². The van der Waals surface area contributed by atoms with Gasteiger partial charge < -0.3 is 20.3 Å². The number of ether oxygens (including phenoxy) is 1. The van der Waals surface area contributed by atoms with Crippen molar-refractivity contribution >= 4 is 5.91 Å². The van der Waals surface area contributed by atoms with Crippen LogP contribution in [0.5, 0.6) is 0 Å². The number of carbonyl (C=O) groups is 1. The number of aliphatic hydroxyl groups is 2. The first-order valence-corrected chi connectivity index (χ1v) is 9.11. The van der Waals surface area contributed by atoms with Crippen LogP contribution >= 0.6 is 0 Å². The van der Waals surface area contributed by atoms with Crippen LogP contribution in [-0.4, -0.2) is 51.0 Å². The van der Waals surface area contributed by atoms with Gasteiger partial charge >= 0.3 is 5.69 Å². The molecule has 0 unspecified atom stereocenters. The molecule has 1 amide bonds. The maximum Gasteiger partial charge on any atom is 0.330 e. The summed E-state index contributed by atoms with van der Waals surface area (Å²) in [6.07, 6.45) is 0.0426. The van der Waals surface area contributed by atoms with E-state index in [4.69, 9.17) is 9.84 Å². The van der Waals surface area contributed by atoms with Gasteiger partial charge in [0.15, 0.2) is 0 Å². The third-order valence-electron chi connectivity index (χ3n) is 4.68. The zero-order valence-electron chi connectivity index (χ0n) is 15.2. The van der Waals surface area contributed by atoms with E-state index in [0.717, 1.165) is 22.7 Å². The average molecular weight is 389 g/mol. The summed E-state index contributed by atoms with van der Waals surface area (Å²) < 4.78 is 6.48. The van der Waals surface area contributed by atoms with Crippen LogP contribution in [0, 0.1) is 0 Å². The fraction of sp³-hybridized carbons (Fsp3) is 0.421. The van der Waals surface area contributed by atoms with Gasteiger partial charge in [0.2, 0.25) is 0 Å². The van der Waals surface area contributed by atoms with Crippen molar-refractivity contribution < 1.29 is 19.7 Å². The van der Waals surface area contributed by atoms with Gasteiger partial charge in [-0.15, -0.1) is 0 Å². The minimum atomic E-state index is -0.941. The molecule has 1 saturated heterocycles. The van der Waals surface area contributed by atoms with Gasteiger partial charge in [-0.1, -0.05) is 30.3 Å². The van der Waals surface area contributed by atoms with Crippen LogP contribution in [0.1, 0.15) is 35.0 Å². The Kier molecular flexibility index (Phi) is 6.40. The largest absolute Gasteiger partial charge is 0.394 e. The molecule has 1 aromatic carbocycles. The summed E-state index contributed by atoms with van der Waals surface area (Å²) in [5.41, 5.74) is -0.608. The Labute approximate surface area is 160 Å². The van der Waals surface area contributed by atoms with E-state index in [-0.39, 0.29) is 12.0 Å². The molecular weight excluding hydrogens is 366 g/mol. The number of H-pyrrole nitrogens is 1. The van der Waals surface area contributed by atoms with Gasteiger partial charge in [-0.3, -0.25) is 19.1 Å². The fourth-order valence-electron chi connectivity index (χ4n) is 3.15. The van der Waals surface area contributed by atoms with Gasteiger partial charge in [0.25, 0.3) is 11.5 Å². The Hall–Kier alpha value is -2.75. The lowest BCUT2D eigenvalue weighted by Crippen LogP contribution is -2.38. The van der Waals surface area contributed by atoms with Gasteiger partial charge in [-0.25, -0.2) is 4.79 Å². The lowest BCUT2D eigenvalue weighted by Gasteiger charge is -2.15. The van der Waals surface area contributed by atoms with Gasteiger partial charge in [0, 0.05) is 19.2 Å². The molecule has 1 aromatic heterocycles. The summed E-state index contributed by atoms with van der Waals surface area (Å²) >= 11 is 0. The molecule has 2 heterocycles. The monoisotopic (exact) mass is 389 g/mol. The van der Waals surface area contributed by atoms with Crippen LogP contribution in [-0.2, 0) is 11.2 Å². The molecule has 1 fully saturated rings. The molecular formula is C19H23N3O6. The number of aromatic nitrogens is 2. The van der Waals surface area contributed by atoms with E-state index in [0.29, 0.717) is 13.0 Å². The Morgan fingerprint density at radius 1 is 1.29 bits per heavy atom. The zero-order valence-corrected chi connectivity index (χ0v) is 15.2. The number of nitrogens with one attached hydrogen (secondary N) is 2. The highest BCUT2D eigenvalue weighted by Crippen LogP contribution is 2.27. The smallest absolute Gasteiger partial charge is 0.330 e. The van der Waals surface area contributed by atoms with Crippen LogP contribution in [0.3, 0.4) is 0 Å². The molecule has 9 heteroatoms. The summed E-state index contributed by atoms with van der Waals surface area (Å²) in [6.45, 7) is -0.0257. The Morgan fingerprint density at radius 2 is 2.04 bits per heavy atom. The molecule has 1 aliphatic rings. The predicted octanol–water partition coefficient (Wildman–Crippen LogP) is -0.460. The van der Waals surface area contributed by atoms with Crippen molar-refractivity contribution in [2.75, 3.05) is 13.2 Å². The number of hydrogen-bond acceptors (Lipinski definition) is 6. The topological polar surface area (TPSA) is 134 Å². The molecule has 0 spiro atoms. The number of benzene rings is 1. The molecule has 0 bridgehead atoms. The molecule has 0 saturated carbocycles.